The van der Waals surface area contributed by atoms with Crippen LogP contribution in [0, 0.1) is 13.8 Å². The topological polar surface area (TPSA) is 6.48 Å². The second kappa shape index (κ2) is 10.9. The van der Waals surface area contributed by atoms with E-state index in [9.17, 15) is 0 Å². The van der Waals surface area contributed by atoms with Gasteiger partial charge in [-0.25, -0.2) is 0 Å². The van der Waals surface area contributed by atoms with Crippen molar-refractivity contribution in [2.45, 2.75) is 32.6 Å². The van der Waals surface area contributed by atoms with Crippen molar-refractivity contribution in [1.29, 1.82) is 0 Å². The molecule has 0 saturated heterocycles. The summed E-state index contributed by atoms with van der Waals surface area (Å²) < 4.78 is 0. The van der Waals surface area contributed by atoms with Gasteiger partial charge in [-0.1, -0.05) is 121 Å². The molecule has 2 aliphatic rings. The Morgan fingerprint density at radius 2 is 1.05 bits per heavy atom. The summed E-state index contributed by atoms with van der Waals surface area (Å²) in [6.45, 7) is 8.89. The molecule has 5 aromatic rings. The fourth-order valence-corrected chi connectivity index (χ4v) is 8.30. The van der Waals surface area contributed by atoms with Gasteiger partial charge in [0.15, 0.2) is 0 Å². The summed E-state index contributed by atoms with van der Waals surface area (Å²) in [5.41, 5.74) is 12.3. The highest BCUT2D eigenvalue weighted by Gasteiger charge is 2.37. The predicted molar refractivity (Wildman–Crippen MR) is 183 cm³/mol. The van der Waals surface area contributed by atoms with Crippen LogP contribution in [0.5, 0.6) is 0 Å². The van der Waals surface area contributed by atoms with Crippen LogP contribution in [0.2, 0.25) is 0 Å². The Morgan fingerprint density at radius 3 is 1.67 bits per heavy atom. The third kappa shape index (κ3) is 4.65. The Labute approximate surface area is 257 Å². The highest BCUT2D eigenvalue weighted by atomic mass is 32.2. The molecule has 0 fully saturated rings. The normalized spacial score (nSPS) is 16.4. The zero-order valence-electron chi connectivity index (χ0n) is 24.3. The maximum Gasteiger partial charge on any atom is 0.116 e. The fraction of sp³-hybridized carbons (Fsp3) is 0.105. The van der Waals surface area contributed by atoms with E-state index in [2.05, 4.69) is 159 Å². The summed E-state index contributed by atoms with van der Waals surface area (Å²) in [5.74, 6) is 0. The van der Waals surface area contributed by atoms with Crippen LogP contribution in [0.3, 0.4) is 0 Å². The van der Waals surface area contributed by atoms with E-state index in [0.29, 0.717) is 0 Å². The average Bonchev–Trinajstić information content (AvgIpc) is 3.54. The number of para-hydroxylation sites is 2. The van der Waals surface area contributed by atoms with Gasteiger partial charge in [0.05, 0.1) is 11.4 Å². The summed E-state index contributed by atoms with van der Waals surface area (Å²) in [4.78, 5) is 7.58. The Hall–Kier alpha value is -4.12. The van der Waals surface area contributed by atoms with Gasteiger partial charge in [0, 0.05) is 32.3 Å². The lowest BCUT2D eigenvalue weighted by Crippen LogP contribution is -2.22. The molecule has 2 heterocycles. The second-order valence-electron chi connectivity index (χ2n) is 10.9. The molecule has 0 aromatic heterocycles. The van der Waals surface area contributed by atoms with E-state index in [-0.39, 0.29) is 0 Å². The number of rotatable bonds is 4. The van der Waals surface area contributed by atoms with Crippen LogP contribution < -0.4 is 9.80 Å². The Morgan fingerprint density at radius 1 is 0.500 bits per heavy atom. The molecule has 2 aliphatic heterocycles. The minimum atomic E-state index is 1.20. The van der Waals surface area contributed by atoms with Crippen molar-refractivity contribution in [3.63, 3.8) is 0 Å². The van der Waals surface area contributed by atoms with Crippen LogP contribution in [0.4, 0.5) is 17.1 Å². The fourth-order valence-electron chi connectivity index (χ4n) is 5.93. The molecule has 0 bridgehead atoms. The molecule has 0 saturated carbocycles. The van der Waals surface area contributed by atoms with Gasteiger partial charge in [-0.3, -0.25) is 0 Å². The van der Waals surface area contributed by atoms with E-state index in [1.807, 2.05) is 23.5 Å². The number of benzene rings is 5. The first-order valence-electron chi connectivity index (χ1n) is 14.3. The van der Waals surface area contributed by atoms with Gasteiger partial charge in [-0.15, -0.1) is 0 Å². The maximum absolute atomic E-state index is 2.52. The third-order valence-corrected chi connectivity index (χ3v) is 10.3. The van der Waals surface area contributed by atoms with Gasteiger partial charge >= 0.3 is 0 Å². The van der Waals surface area contributed by atoms with Gasteiger partial charge in [0.25, 0.3) is 0 Å². The molecule has 0 aliphatic carbocycles. The van der Waals surface area contributed by atoms with Crippen molar-refractivity contribution >= 4 is 40.6 Å². The van der Waals surface area contributed by atoms with Gasteiger partial charge in [0.2, 0.25) is 0 Å². The maximum atomic E-state index is 2.52. The minimum Gasteiger partial charge on any atom is -0.304 e. The van der Waals surface area contributed by atoms with Crippen molar-refractivity contribution in [2.75, 3.05) is 9.80 Å². The number of nitrogens with zero attached hydrogens (tertiary/aromatic N) is 2. The molecule has 206 valence electrons. The zero-order valence-corrected chi connectivity index (χ0v) is 25.9. The highest BCUT2D eigenvalue weighted by Crippen LogP contribution is 2.58. The van der Waals surface area contributed by atoms with Crippen molar-refractivity contribution in [3.8, 4) is 22.3 Å². The van der Waals surface area contributed by atoms with E-state index in [0.717, 1.165) is 0 Å². The minimum absolute atomic E-state index is 1.20. The van der Waals surface area contributed by atoms with Crippen LogP contribution in [0.25, 0.3) is 22.3 Å². The first kappa shape index (κ1) is 26.8. The molecular formula is C38H32N2S2. The number of fused-ring (bicyclic) bond motifs is 1. The van der Waals surface area contributed by atoms with Crippen molar-refractivity contribution in [2.24, 2.45) is 0 Å². The molecule has 0 atom stereocenters. The number of allylic oxidation sites excluding steroid dienone is 2. The summed E-state index contributed by atoms with van der Waals surface area (Å²) in [7, 11) is 0. The van der Waals surface area contributed by atoms with Gasteiger partial charge in [-0.05, 0) is 74.2 Å². The number of hydrogen-bond donors (Lipinski definition) is 0. The van der Waals surface area contributed by atoms with E-state index in [1.54, 1.807) is 0 Å². The standard InChI is InChI=1S/C38H32N2S2/c1-25-22-26(2)24-31(23-25)40-34-20-11-12-21-35(34)42-38(40)37-39(27(3)28(4)41-37)36-32(29-14-7-5-8-15-29)18-13-19-33(36)30-16-9-6-10-17-30/h5-24H,1-4H3/b38-37+. The lowest BCUT2D eigenvalue weighted by atomic mass is 9.95. The summed E-state index contributed by atoms with van der Waals surface area (Å²) in [6.07, 6.45) is 0. The summed E-state index contributed by atoms with van der Waals surface area (Å²) >= 11 is 3.75. The molecule has 0 spiro atoms. The lowest BCUT2D eigenvalue weighted by Gasteiger charge is -2.31. The number of anilines is 3. The molecule has 2 nitrogen and oxygen atoms in total. The van der Waals surface area contributed by atoms with E-state index in [1.165, 1.54) is 76.0 Å². The quantitative estimate of drug-likeness (QED) is 0.208. The average molecular weight is 581 g/mol. The largest absolute Gasteiger partial charge is 0.304 e. The van der Waals surface area contributed by atoms with Gasteiger partial charge in [0.1, 0.15) is 10.1 Å². The van der Waals surface area contributed by atoms with Gasteiger partial charge < -0.3 is 9.80 Å². The predicted octanol–water partition coefficient (Wildman–Crippen LogP) is 11.5. The monoisotopic (exact) mass is 580 g/mol. The van der Waals surface area contributed by atoms with Crippen molar-refractivity contribution < 1.29 is 0 Å². The number of hydrogen-bond acceptors (Lipinski definition) is 4. The number of thioether (sulfide) groups is 2. The Balaban J connectivity index is 1.52. The van der Waals surface area contributed by atoms with Crippen LogP contribution in [-0.2, 0) is 0 Å². The molecule has 0 amide bonds. The Bertz CT molecular complexity index is 1790. The van der Waals surface area contributed by atoms with Crippen LogP contribution in [0.1, 0.15) is 25.0 Å². The molecule has 42 heavy (non-hydrogen) atoms. The third-order valence-electron chi connectivity index (χ3n) is 7.89. The number of aryl methyl sites for hydroxylation is 2. The van der Waals surface area contributed by atoms with Crippen molar-refractivity contribution in [3.05, 3.63) is 153 Å². The molecular weight excluding hydrogens is 549 g/mol. The SMILES string of the molecule is CC1=C(C)N(c2c(-c3ccccc3)cccc2-c2ccccc2)/C(=C2\Sc3ccccc3N2c2cc(C)cc(C)c2)S1. The van der Waals surface area contributed by atoms with Crippen LogP contribution >= 0.6 is 23.5 Å². The molecule has 0 unspecified atom stereocenters. The summed E-state index contributed by atoms with van der Waals surface area (Å²) in [6, 6.07) is 44.0. The second-order valence-corrected chi connectivity index (χ2v) is 13.1. The smallest absolute Gasteiger partial charge is 0.116 e. The molecule has 0 radical (unpaired) electrons. The molecule has 4 heteroatoms. The molecule has 5 aromatic carbocycles. The first-order chi connectivity index (χ1) is 20.5. The van der Waals surface area contributed by atoms with E-state index < -0.39 is 0 Å². The van der Waals surface area contributed by atoms with Crippen molar-refractivity contribution in [1.82, 2.24) is 0 Å². The van der Waals surface area contributed by atoms with E-state index >= 15 is 0 Å². The Kier molecular flexibility index (Phi) is 6.97. The molecule has 7 rings (SSSR count). The van der Waals surface area contributed by atoms with Crippen LogP contribution in [-0.4, -0.2) is 0 Å². The molecule has 0 N–H and O–H groups in total. The van der Waals surface area contributed by atoms with E-state index in [4.69, 9.17) is 0 Å². The highest BCUT2D eigenvalue weighted by molar-refractivity contribution is 8.09. The zero-order chi connectivity index (χ0) is 28.8. The van der Waals surface area contributed by atoms with Crippen LogP contribution in [0.15, 0.2) is 147 Å². The van der Waals surface area contributed by atoms with Gasteiger partial charge in [-0.2, -0.15) is 0 Å². The summed E-state index contributed by atoms with van der Waals surface area (Å²) in [5, 5.41) is 2.48. The first-order valence-corrected chi connectivity index (χ1v) is 15.9. The lowest BCUT2D eigenvalue weighted by molar-refractivity contribution is 1.11.